The maximum absolute atomic E-state index is 10.8. The van der Waals surface area contributed by atoms with E-state index in [1.165, 1.54) is 6.07 Å². The van der Waals surface area contributed by atoms with Crippen LogP contribution >= 0.6 is 0 Å². The van der Waals surface area contributed by atoms with E-state index in [1.807, 2.05) is 0 Å². The third kappa shape index (κ3) is 4.54. The Morgan fingerprint density at radius 3 is 3.16 bits per heavy atom. The van der Waals surface area contributed by atoms with Crippen LogP contribution < -0.4 is 10.1 Å². The monoisotopic (exact) mass is 265 g/mol. The van der Waals surface area contributed by atoms with Crippen LogP contribution in [-0.2, 0) is 4.74 Å². The third-order valence-corrected chi connectivity index (χ3v) is 3.05. The highest BCUT2D eigenvalue weighted by Gasteiger charge is 2.12. The average molecular weight is 265 g/mol. The smallest absolute Gasteiger partial charge is 0.335 e. The summed E-state index contributed by atoms with van der Waals surface area (Å²) in [7, 11) is 0. The largest absolute Gasteiger partial charge is 0.492 e. The zero-order valence-electron chi connectivity index (χ0n) is 10.8. The van der Waals surface area contributed by atoms with Crippen LogP contribution in [0.3, 0.4) is 0 Å². The highest BCUT2D eigenvalue weighted by atomic mass is 16.5. The van der Waals surface area contributed by atoms with Crippen molar-refractivity contribution in [3.8, 4) is 5.75 Å². The van der Waals surface area contributed by atoms with Gasteiger partial charge in [-0.2, -0.15) is 0 Å². The van der Waals surface area contributed by atoms with Gasteiger partial charge < -0.3 is 19.9 Å². The minimum absolute atomic E-state index is 0.242. The van der Waals surface area contributed by atoms with Gasteiger partial charge >= 0.3 is 5.97 Å². The molecule has 1 heterocycles. The number of hydrogen-bond acceptors (Lipinski definition) is 4. The van der Waals surface area contributed by atoms with Crippen molar-refractivity contribution in [2.24, 2.45) is 0 Å². The first-order chi connectivity index (χ1) is 9.25. The summed E-state index contributed by atoms with van der Waals surface area (Å²) >= 11 is 0. The average Bonchev–Trinajstić information content (AvgIpc) is 2.45. The molecule has 0 radical (unpaired) electrons. The Balaban J connectivity index is 1.70. The zero-order valence-corrected chi connectivity index (χ0v) is 10.8. The Kier molecular flexibility index (Phi) is 5.18. The molecule has 1 aliphatic rings. The van der Waals surface area contributed by atoms with Crippen molar-refractivity contribution in [2.75, 3.05) is 26.4 Å². The second-order valence-corrected chi connectivity index (χ2v) is 4.55. The molecule has 19 heavy (non-hydrogen) atoms. The van der Waals surface area contributed by atoms with Crippen LogP contribution in [0.2, 0.25) is 0 Å². The molecule has 1 aliphatic heterocycles. The number of nitrogens with one attached hydrogen (secondary N) is 1. The predicted octanol–water partition coefficient (Wildman–Crippen LogP) is 1.53. The van der Waals surface area contributed by atoms with E-state index in [0.717, 1.165) is 32.6 Å². The molecule has 5 nitrogen and oxygen atoms in total. The van der Waals surface area contributed by atoms with Crippen LogP contribution in [0.4, 0.5) is 0 Å². The minimum atomic E-state index is -0.942. The molecule has 0 saturated carbocycles. The van der Waals surface area contributed by atoms with Gasteiger partial charge in [0.2, 0.25) is 0 Å². The van der Waals surface area contributed by atoms with Crippen molar-refractivity contribution in [2.45, 2.75) is 18.9 Å². The van der Waals surface area contributed by atoms with Crippen LogP contribution in [0.25, 0.3) is 0 Å². The second kappa shape index (κ2) is 7.11. The lowest BCUT2D eigenvalue weighted by Crippen LogP contribution is -2.38. The molecule has 1 unspecified atom stereocenters. The third-order valence-electron chi connectivity index (χ3n) is 3.05. The van der Waals surface area contributed by atoms with E-state index in [0.29, 0.717) is 18.4 Å². The Morgan fingerprint density at radius 1 is 1.53 bits per heavy atom. The van der Waals surface area contributed by atoms with E-state index in [2.05, 4.69) is 5.32 Å². The summed E-state index contributed by atoms with van der Waals surface area (Å²) in [5, 5.41) is 12.2. The van der Waals surface area contributed by atoms with Crippen molar-refractivity contribution in [3.05, 3.63) is 29.8 Å². The van der Waals surface area contributed by atoms with Gasteiger partial charge in [-0.3, -0.25) is 0 Å². The van der Waals surface area contributed by atoms with Crippen molar-refractivity contribution in [1.29, 1.82) is 0 Å². The molecule has 0 bridgehead atoms. The summed E-state index contributed by atoms with van der Waals surface area (Å²) < 4.78 is 10.9. The molecule has 104 valence electrons. The highest BCUT2D eigenvalue weighted by Crippen LogP contribution is 2.13. The lowest BCUT2D eigenvalue weighted by Gasteiger charge is -2.23. The zero-order chi connectivity index (χ0) is 13.5. The summed E-state index contributed by atoms with van der Waals surface area (Å²) in [6, 6.07) is 6.93. The van der Waals surface area contributed by atoms with Crippen molar-refractivity contribution in [1.82, 2.24) is 5.32 Å². The molecule has 2 rings (SSSR count). The fourth-order valence-electron chi connectivity index (χ4n) is 2.05. The maximum Gasteiger partial charge on any atom is 0.335 e. The first kappa shape index (κ1) is 13.8. The van der Waals surface area contributed by atoms with Gasteiger partial charge in [0, 0.05) is 19.2 Å². The lowest BCUT2D eigenvalue weighted by atomic mass is 10.1. The molecule has 5 heteroatoms. The predicted molar refractivity (Wildman–Crippen MR) is 70.7 cm³/mol. The number of carboxylic acids is 1. The molecule has 0 amide bonds. The number of rotatable bonds is 6. The molecule has 0 aromatic heterocycles. The Labute approximate surface area is 112 Å². The van der Waals surface area contributed by atoms with Gasteiger partial charge in [-0.15, -0.1) is 0 Å². The van der Waals surface area contributed by atoms with Gasteiger partial charge in [0.05, 0.1) is 12.2 Å². The number of ether oxygens (including phenoxy) is 2. The quantitative estimate of drug-likeness (QED) is 0.764. The van der Waals surface area contributed by atoms with E-state index >= 15 is 0 Å². The SMILES string of the molecule is O=C(O)c1cccc(OCCNC2CCCOC2)c1. The Morgan fingerprint density at radius 2 is 2.42 bits per heavy atom. The summed E-state index contributed by atoms with van der Waals surface area (Å²) in [6.45, 7) is 2.86. The van der Waals surface area contributed by atoms with Gasteiger partial charge in [-0.25, -0.2) is 4.79 Å². The first-order valence-corrected chi connectivity index (χ1v) is 6.53. The molecule has 1 aromatic carbocycles. The lowest BCUT2D eigenvalue weighted by molar-refractivity contribution is 0.0689. The van der Waals surface area contributed by atoms with Gasteiger partial charge in [-0.1, -0.05) is 6.07 Å². The van der Waals surface area contributed by atoms with E-state index < -0.39 is 5.97 Å². The summed E-state index contributed by atoms with van der Waals surface area (Å²) in [6.07, 6.45) is 2.23. The van der Waals surface area contributed by atoms with Crippen molar-refractivity contribution < 1.29 is 19.4 Å². The van der Waals surface area contributed by atoms with Gasteiger partial charge in [0.1, 0.15) is 12.4 Å². The minimum Gasteiger partial charge on any atom is -0.492 e. The Bertz CT molecular complexity index is 416. The molecule has 0 spiro atoms. The van der Waals surface area contributed by atoms with Crippen LogP contribution in [0, 0.1) is 0 Å². The van der Waals surface area contributed by atoms with Crippen LogP contribution in [0.5, 0.6) is 5.75 Å². The number of hydrogen-bond donors (Lipinski definition) is 2. The number of carbonyl (C=O) groups is 1. The molecular weight excluding hydrogens is 246 g/mol. The van der Waals surface area contributed by atoms with E-state index in [9.17, 15) is 4.79 Å². The molecule has 0 aliphatic carbocycles. The fourth-order valence-corrected chi connectivity index (χ4v) is 2.05. The summed E-state index contributed by atoms with van der Waals surface area (Å²) in [4.78, 5) is 10.8. The molecule has 1 atom stereocenters. The summed E-state index contributed by atoms with van der Waals surface area (Å²) in [5.74, 6) is -0.357. The topological polar surface area (TPSA) is 67.8 Å². The second-order valence-electron chi connectivity index (χ2n) is 4.55. The normalized spacial score (nSPS) is 19.1. The number of benzene rings is 1. The first-order valence-electron chi connectivity index (χ1n) is 6.53. The van der Waals surface area contributed by atoms with Crippen LogP contribution in [0.15, 0.2) is 24.3 Å². The highest BCUT2D eigenvalue weighted by molar-refractivity contribution is 5.87. The fraction of sp³-hybridized carbons (Fsp3) is 0.500. The van der Waals surface area contributed by atoms with Crippen LogP contribution in [-0.4, -0.2) is 43.5 Å². The standard InChI is InChI=1S/C14H19NO4/c16-14(17)11-3-1-5-13(9-11)19-8-6-15-12-4-2-7-18-10-12/h1,3,5,9,12,15H,2,4,6-8,10H2,(H,16,17). The van der Waals surface area contributed by atoms with Crippen molar-refractivity contribution >= 4 is 5.97 Å². The van der Waals surface area contributed by atoms with Crippen LogP contribution in [0.1, 0.15) is 23.2 Å². The molecule has 1 saturated heterocycles. The van der Waals surface area contributed by atoms with E-state index in [-0.39, 0.29) is 5.56 Å². The van der Waals surface area contributed by atoms with E-state index in [1.54, 1.807) is 18.2 Å². The maximum atomic E-state index is 10.8. The Hall–Kier alpha value is -1.59. The van der Waals surface area contributed by atoms with Crippen molar-refractivity contribution in [3.63, 3.8) is 0 Å². The van der Waals surface area contributed by atoms with Gasteiger partial charge in [-0.05, 0) is 31.0 Å². The summed E-state index contributed by atoms with van der Waals surface area (Å²) in [5.41, 5.74) is 0.242. The molecular formula is C14H19NO4. The van der Waals surface area contributed by atoms with Gasteiger partial charge in [0.25, 0.3) is 0 Å². The molecule has 1 aromatic rings. The number of carboxylic acid groups (broad SMARTS) is 1. The van der Waals surface area contributed by atoms with Gasteiger partial charge in [0.15, 0.2) is 0 Å². The number of aromatic carboxylic acids is 1. The molecule has 1 fully saturated rings. The van der Waals surface area contributed by atoms with E-state index in [4.69, 9.17) is 14.6 Å². The molecule has 2 N–H and O–H groups in total.